The minimum absolute atomic E-state index is 0.0437. The third-order valence-corrected chi connectivity index (χ3v) is 2.71. The van der Waals surface area contributed by atoms with Gasteiger partial charge < -0.3 is 10.6 Å². The number of hydrogen-bond acceptors (Lipinski definition) is 2. The first-order valence-electron chi connectivity index (χ1n) is 6.10. The molecule has 0 spiro atoms. The molecule has 5 heteroatoms. The van der Waals surface area contributed by atoms with Gasteiger partial charge in [-0.3, -0.25) is 4.79 Å². The third-order valence-electron chi connectivity index (χ3n) is 2.71. The molecule has 0 heterocycles. The van der Waals surface area contributed by atoms with Gasteiger partial charge >= 0.3 is 0 Å². The van der Waals surface area contributed by atoms with Gasteiger partial charge in [-0.1, -0.05) is 17.7 Å². The molecule has 0 saturated heterocycles. The average Bonchev–Trinajstić information content (AvgIpc) is 2.42. The molecule has 0 bridgehead atoms. The van der Waals surface area contributed by atoms with Gasteiger partial charge in [-0.15, -0.1) is 0 Å². The molecule has 0 unspecified atom stereocenters. The van der Waals surface area contributed by atoms with Gasteiger partial charge in [0.25, 0.3) is 0 Å². The van der Waals surface area contributed by atoms with Crippen LogP contribution in [-0.4, -0.2) is 12.5 Å². The molecule has 0 fully saturated rings. The van der Waals surface area contributed by atoms with Crippen LogP contribution in [0.3, 0.4) is 0 Å². The summed E-state index contributed by atoms with van der Waals surface area (Å²) in [6.45, 7) is 2.02. The quantitative estimate of drug-likeness (QED) is 0.899. The first-order valence-corrected chi connectivity index (χ1v) is 6.10. The number of carbonyl (C=O) groups excluding carboxylic acids is 1. The molecule has 0 atom stereocenters. The summed E-state index contributed by atoms with van der Waals surface area (Å²) < 4.78 is 25.7. The minimum Gasteiger partial charge on any atom is -0.376 e. The van der Waals surface area contributed by atoms with Crippen molar-refractivity contribution in [3.63, 3.8) is 0 Å². The van der Waals surface area contributed by atoms with Crippen molar-refractivity contribution in [1.82, 2.24) is 0 Å². The van der Waals surface area contributed by atoms with Gasteiger partial charge in [-0.2, -0.15) is 0 Å². The Labute approximate surface area is 115 Å². The molecule has 0 aromatic heterocycles. The molecule has 20 heavy (non-hydrogen) atoms. The highest BCUT2D eigenvalue weighted by Gasteiger charge is 2.06. The first-order chi connectivity index (χ1) is 9.54. The molecule has 1 amide bonds. The van der Waals surface area contributed by atoms with Crippen LogP contribution < -0.4 is 10.6 Å². The van der Waals surface area contributed by atoms with Crippen LogP contribution in [0.15, 0.2) is 42.5 Å². The SMILES string of the molecule is Cc1ccc(NCC(=O)Nc2ccc(F)c(F)c2)cc1. The van der Waals surface area contributed by atoms with E-state index in [4.69, 9.17) is 0 Å². The van der Waals surface area contributed by atoms with Crippen molar-refractivity contribution in [1.29, 1.82) is 0 Å². The van der Waals surface area contributed by atoms with Crippen LogP contribution >= 0.6 is 0 Å². The van der Waals surface area contributed by atoms with E-state index in [1.807, 2.05) is 31.2 Å². The smallest absolute Gasteiger partial charge is 0.243 e. The van der Waals surface area contributed by atoms with E-state index in [2.05, 4.69) is 10.6 Å². The lowest BCUT2D eigenvalue weighted by Gasteiger charge is -2.08. The summed E-state index contributed by atoms with van der Waals surface area (Å²) >= 11 is 0. The normalized spacial score (nSPS) is 10.2. The Balaban J connectivity index is 1.89. The number of carbonyl (C=O) groups is 1. The predicted molar refractivity (Wildman–Crippen MR) is 74.7 cm³/mol. The van der Waals surface area contributed by atoms with Gasteiger partial charge in [0, 0.05) is 17.4 Å². The summed E-state index contributed by atoms with van der Waals surface area (Å²) in [5.74, 6) is -2.27. The van der Waals surface area contributed by atoms with Crippen LogP contribution in [0.1, 0.15) is 5.56 Å². The lowest BCUT2D eigenvalue weighted by atomic mass is 10.2. The Kier molecular flexibility index (Phi) is 4.30. The summed E-state index contributed by atoms with van der Waals surface area (Å²) in [4.78, 5) is 11.7. The maximum Gasteiger partial charge on any atom is 0.243 e. The van der Waals surface area contributed by atoms with E-state index in [1.165, 1.54) is 6.07 Å². The van der Waals surface area contributed by atoms with Crippen molar-refractivity contribution in [2.24, 2.45) is 0 Å². The van der Waals surface area contributed by atoms with E-state index in [9.17, 15) is 13.6 Å². The molecule has 2 aromatic carbocycles. The Morgan fingerprint density at radius 2 is 1.65 bits per heavy atom. The van der Waals surface area contributed by atoms with Crippen LogP contribution in [-0.2, 0) is 4.79 Å². The van der Waals surface area contributed by atoms with Crippen molar-refractivity contribution in [2.45, 2.75) is 6.92 Å². The highest BCUT2D eigenvalue weighted by molar-refractivity contribution is 5.93. The lowest BCUT2D eigenvalue weighted by molar-refractivity contribution is -0.114. The molecule has 3 nitrogen and oxygen atoms in total. The maximum atomic E-state index is 13.0. The summed E-state index contributed by atoms with van der Waals surface area (Å²) in [6.07, 6.45) is 0. The number of rotatable bonds is 4. The van der Waals surface area contributed by atoms with Crippen molar-refractivity contribution in [2.75, 3.05) is 17.2 Å². The van der Waals surface area contributed by atoms with Crippen LogP contribution in [0, 0.1) is 18.6 Å². The Hall–Kier alpha value is -2.43. The summed E-state index contributed by atoms with van der Waals surface area (Å²) in [5.41, 5.74) is 2.16. The number of amides is 1. The first kappa shape index (κ1) is 14.0. The second-order valence-corrected chi connectivity index (χ2v) is 4.40. The number of halogens is 2. The van der Waals surface area contributed by atoms with Gasteiger partial charge in [0.15, 0.2) is 11.6 Å². The van der Waals surface area contributed by atoms with Gasteiger partial charge in [0.1, 0.15) is 0 Å². The summed E-state index contributed by atoms with van der Waals surface area (Å²) in [5, 5.41) is 5.42. The second-order valence-electron chi connectivity index (χ2n) is 4.40. The Bertz CT molecular complexity index is 612. The van der Waals surface area contributed by atoms with Crippen LogP contribution in [0.5, 0.6) is 0 Å². The van der Waals surface area contributed by atoms with Crippen molar-refractivity contribution >= 4 is 17.3 Å². The van der Waals surface area contributed by atoms with Gasteiger partial charge in [-0.05, 0) is 31.2 Å². The fourth-order valence-corrected chi connectivity index (χ4v) is 1.63. The third kappa shape index (κ3) is 3.78. The molecular weight excluding hydrogens is 262 g/mol. The van der Waals surface area contributed by atoms with Gasteiger partial charge in [0.05, 0.1) is 6.54 Å². The molecule has 0 saturated carbocycles. The van der Waals surface area contributed by atoms with E-state index in [1.54, 1.807) is 0 Å². The maximum absolute atomic E-state index is 13.0. The molecule has 0 aliphatic rings. The molecule has 2 N–H and O–H groups in total. The number of hydrogen-bond donors (Lipinski definition) is 2. The van der Waals surface area contributed by atoms with E-state index in [0.29, 0.717) is 0 Å². The highest BCUT2D eigenvalue weighted by atomic mass is 19.2. The Morgan fingerprint density at radius 1 is 1.00 bits per heavy atom. The van der Waals surface area contributed by atoms with Crippen LogP contribution in [0.4, 0.5) is 20.2 Å². The van der Waals surface area contributed by atoms with Crippen LogP contribution in [0.2, 0.25) is 0 Å². The monoisotopic (exact) mass is 276 g/mol. The Morgan fingerprint density at radius 3 is 2.30 bits per heavy atom. The molecular formula is C15H14F2N2O. The molecule has 0 radical (unpaired) electrons. The molecule has 2 rings (SSSR count). The predicted octanol–water partition coefficient (Wildman–Crippen LogP) is 3.32. The zero-order valence-electron chi connectivity index (χ0n) is 10.9. The van der Waals surface area contributed by atoms with E-state index < -0.39 is 11.6 Å². The average molecular weight is 276 g/mol. The number of aryl methyl sites for hydroxylation is 1. The van der Waals surface area contributed by atoms with Crippen molar-refractivity contribution < 1.29 is 13.6 Å². The van der Waals surface area contributed by atoms with E-state index in [-0.39, 0.29) is 18.1 Å². The van der Waals surface area contributed by atoms with E-state index >= 15 is 0 Å². The number of nitrogens with one attached hydrogen (secondary N) is 2. The summed E-state index contributed by atoms with van der Waals surface area (Å²) in [6, 6.07) is 10.8. The largest absolute Gasteiger partial charge is 0.376 e. The molecule has 0 aliphatic heterocycles. The zero-order valence-corrected chi connectivity index (χ0v) is 10.9. The second kappa shape index (κ2) is 6.14. The van der Waals surface area contributed by atoms with Gasteiger partial charge in [0.2, 0.25) is 5.91 Å². The van der Waals surface area contributed by atoms with Crippen molar-refractivity contribution in [3.8, 4) is 0 Å². The van der Waals surface area contributed by atoms with Crippen molar-refractivity contribution in [3.05, 3.63) is 59.7 Å². The van der Waals surface area contributed by atoms with E-state index in [0.717, 1.165) is 23.4 Å². The number of benzene rings is 2. The van der Waals surface area contributed by atoms with Gasteiger partial charge in [-0.25, -0.2) is 8.78 Å². The fraction of sp³-hybridized carbons (Fsp3) is 0.133. The summed E-state index contributed by atoms with van der Waals surface area (Å²) in [7, 11) is 0. The molecule has 2 aromatic rings. The van der Waals surface area contributed by atoms with Crippen LogP contribution in [0.25, 0.3) is 0 Å². The zero-order chi connectivity index (χ0) is 14.5. The standard InChI is InChI=1S/C15H14F2N2O/c1-10-2-4-11(5-3-10)18-9-15(20)19-12-6-7-13(16)14(17)8-12/h2-8,18H,9H2,1H3,(H,19,20). The topological polar surface area (TPSA) is 41.1 Å². The molecule has 0 aliphatic carbocycles. The lowest BCUT2D eigenvalue weighted by Crippen LogP contribution is -2.21. The molecule has 104 valence electrons. The highest BCUT2D eigenvalue weighted by Crippen LogP contribution is 2.13. The fourth-order valence-electron chi connectivity index (χ4n) is 1.63. The minimum atomic E-state index is -0.991. The number of anilines is 2.